The molecule has 0 aromatic carbocycles. The lowest BCUT2D eigenvalue weighted by molar-refractivity contribution is 1.32. The van der Waals surface area contributed by atoms with Crippen LogP contribution in [0.5, 0.6) is 0 Å². The summed E-state index contributed by atoms with van der Waals surface area (Å²) in [4.78, 5) is 7.41. The Balaban J connectivity index is 3.18. The van der Waals surface area contributed by atoms with Crippen molar-refractivity contribution in [3.05, 3.63) is 22.4 Å². The van der Waals surface area contributed by atoms with Crippen molar-refractivity contribution >= 4 is 46.3 Å². The number of isothiocyanates is 1. The molecule has 0 amide bonds. The van der Waals surface area contributed by atoms with E-state index in [2.05, 4.69) is 27.4 Å². The Hall–Kier alpha value is -0.470. The highest BCUT2D eigenvalue weighted by Gasteiger charge is 1.96. The van der Waals surface area contributed by atoms with Gasteiger partial charge in [0.1, 0.15) is 10.3 Å². The number of pyridine rings is 1. The predicted molar refractivity (Wildman–Crippen MR) is 48.9 cm³/mol. The summed E-state index contributed by atoms with van der Waals surface area (Å²) in [6.07, 6.45) is 0. The van der Waals surface area contributed by atoms with Crippen molar-refractivity contribution in [1.29, 1.82) is 0 Å². The summed E-state index contributed by atoms with van der Waals surface area (Å²) in [6.45, 7) is 0. The fourth-order valence-corrected chi connectivity index (χ4v) is 1.12. The van der Waals surface area contributed by atoms with Crippen LogP contribution in [-0.2, 0) is 0 Å². The van der Waals surface area contributed by atoms with E-state index in [1.54, 1.807) is 12.1 Å². The molecule has 2 nitrogen and oxygen atoms in total. The maximum Gasteiger partial charge on any atom is 0.133 e. The number of hydrogen-bond acceptors (Lipinski definition) is 3. The van der Waals surface area contributed by atoms with Crippen LogP contribution in [0.3, 0.4) is 0 Å². The van der Waals surface area contributed by atoms with Crippen LogP contribution in [0.4, 0.5) is 5.69 Å². The highest BCUT2D eigenvalue weighted by molar-refractivity contribution is 7.78. The smallest absolute Gasteiger partial charge is 0.133 e. The van der Waals surface area contributed by atoms with Gasteiger partial charge in [-0.2, -0.15) is 4.99 Å². The van der Waals surface area contributed by atoms with E-state index >= 15 is 0 Å². The molecule has 1 aromatic rings. The zero-order valence-electron chi connectivity index (χ0n) is 5.21. The van der Waals surface area contributed by atoms with Gasteiger partial charge in [0.05, 0.1) is 10.8 Å². The Labute approximate surface area is 78.9 Å². The first kappa shape index (κ1) is 8.62. The molecule has 0 N–H and O–H groups in total. The number of aliphatic imine (C=N–C) groups is 1. The van der Waals surface area contributed by atoms with Crippen LogP contribution >= 0.6 is 35.4 Å². The van der Waals surface area contributed by atoms with Crippen molar-refractivity contribution in [2.45, 2.75) is 0 Å². The van der Waals surface area contributed by atoms with Gasteiger partial charge in [-0.1, -0.05) is 23.2 Å². The van der Waals surface area contributed by atoms with Crippen molar-refractivity contribution in [2.24, 2.45) is 4.99 Å². The zero-order valence-corrected chi connectivity index (χ0v) is 7.54. The highest BCUT2D eigenvalue weighted by Crippen LogP contribution is 2.20. The monoisotopic (exact) mass is 204 g/mol. The Morgan fingerprint density at radius 1 is 1.36 bits per heavy atom. The average molecular weight is 205 g/mol. The Bertz CT molecular complexity index is 300. The summed E-state index contributed by atoms with van der Waals surface area (Å²) in [6, 6.07) is 3.10. The second kappa shape index (κ2) is 3.79. The SMILES string of the molecule is S=C=Nc1cc(Cl)nc(Cl)c1. The number of nitrogens with zero attached hydrogens (tertiary/aromatic N) is 2. The van der Waals surface area contributed by atoms with Crippen molar-refractivity contribution < 1.29 is 0 Å². The van der Waals surface area contributed by atoms with E-state index < -0.39 is 0 Å². The molecule has 1 heterocycles. The van der Waals surface area contributed by atoms with Crippen molar-refractivity contribution in [3.63, 3.8) is 0 Å². The number of halogens is 2. The minimum absolute atomic E-state index is 0.293. The number of hydrogen-bond donors (Lipinski definition) is 0. The van der Waals surface area contributed by atoms with Crippen LogP contribution in [0, 0.1) is 0 Å². The molecule has 5 heteroatoms. The molecule has 0 atom stereocenters. The maximum absolute atomic E-state index is 5.57. The van der Waals surface area contributed by atoms with Crippen molar-refractivity contribution in [2.75, 3.05) is 0 Å². The summed E-state index contributed by atoms with van der Waals surface area (Å²) in [5.41, 5.74) is 0.560. The van der Waals surface area contributed by atoms with E-state index in [0.29, 0.717) is 16.0 Å². The largest absolute Gasteiger partial charge is 0.224 e. The average Bonchev–Trinajstić information content (AvgIpc) is 1.85. The molecule has 0 aliphatic heterocycles. The van der Waals surface area contributed by atoms with Crippen LogP contribution in [0.1, 0.15) is 0 Å². The molecule has 0 unspecified atom stereocenters. The Morgan fingerprint density at radius 3 is 2.36 bits per heavy atom. The van der Waals surface area contributed by atoms with Gasteiger partial charge in [0.25, 0.3) is 0 Å². The van der Waals surface area contributed by atoms with E-state index in [4.69, 9.17) is 23.2 Å². The molecular formula is C6H2Cl2N2S. The minimum atomic E-state index is 0.293. The topological polar surface area (TPSA) is 25.2 Å². The van der Waals surface area contributed by atoms with E-state index in [1.807, 2.05) is 0 Å². The maximum atomic E-state index is 5.57. The summed E-state index contributed by atoms with van der Waals surface area (Å²) < 4.78 is 0. The normalized spacial score (nSPS) is 8.91. The molecule has 0 aliphatic carbocycles. The summed E-state index contributed by atoms with van der Waals surface area (Å²) in [5.74, 6) is 0. The minimum Gasteiger partial charge on any atom is -0.224 e. The van der Waals surface area contributed by atoms with Gasteiger partial charge in [-0.25, -0.2) is 4.98 Å². The van der Waals surface area contributed by atoms with Gasteiger partial charge < -0.3 is 0 Å². The first-order chi connectivity index (χ1) is 5.22. The van der Waals surface area contributed by atoms with Crippen LogP contribution in [-0.4, -0.2) is 10.1 Å². The van der Waals surface area contributed by atoms with Gasteiger partial charge >= 0.3 is 0 Å². The number of aromatic nitrogens is 1. The first-order valence-electron chi connectivity index (χ1n) is 2.63. The van der Waals surface area contributed by atoms with Crippen LogP contribution in [0.25, 0.3) is 0 Å². The van der Waals surface area contributed by atoms with Crippen LogP contribution in [0.2, 0.25) is 10.3 Å². The molecule has 0 aliphatic rings. The third kappa shape index (κ3) is 2.56. The lowest BCUT2D eigenvalue weighted by atomic mass is 10.4. The first-order valence-corrected chi connectivity index (χ1v) is 3.80. The summed E-state index contributed by atoms with van der Waals surface area (Å²) in [7, 11) is 0. The molecule has 0 radical (unpaired) electrons. The molecule has 0 saturated heterocycles. The van der Waals surface area contributed by atoms with E-state index in [-0.39, 0.29) is 0 Å². The van der Waals surface area contributed by atoms with E-state index in [0.717, 1.165) is 0 Å². The van der Waals surface area contributed by atoms with Crippen molar-refractivity contribution in [3.8, 4) is 0 Å². The fourth-order valence-electron chi connectivity index (χ4n) is 0.570. The molecule has 0 saturated carbocycles. The fraction of sp³-hybridized carbons (Fsp3) is 0. The number of thiocarbonyl (C=S) groups is 1. The number of rotatable bonds is 1. The molecular weight excluding hydrogens is 203 g/mol. The summed E-state index contributed by atoms with van der Waals surface area (Å²) in [5, 5.41) is 2.79. The van der Waals surface area contributed by atoms with Gasteiger partial charge in [0, 0.05) is 12.1 Å². The predicted octanol–water partition coefficient (Wildman–Crippen LogP) is 3.12. The molecule has 56 valence electrons. The highest BCUT2D eigenvalue weighted by atomic mass is 35.5. The van der Waals surface area contributed by atoms with Gasteiger partial charge in [-0.3, -0.25) is 0 Å². The molecule has 0 fully saturated rings. The molecule has 11 heavy (non-hydrogen) atoms. The Morgan fingerprint density at radius 2 is 1.91 bits per heavy atom. The zero-order chi connectivity index (χ0) is 8.27. The molecule has 0 spiro atoms. The van der Waals surface area contributed by atoms with E-state index in [9.17, 15) is 0 Å². The summed E-state index contributed by atoms with van der Waals surface area (Å²) >= 11 is 15.5. The van der Waals surface area contributed by atoms with Gasteiger partial charge in [-0.05, 0) is 12.2 Å². The molecule has 0 bridgehead atoms. The van der Waals surface area contributed by atoms with Crippen molar-refractivity contribution in [1.82, 2.24) is 4.98 Å². The second-order valence-corrected chi connectivity index (χ2v) is 2.63. The lowest BCUT2D eigenvalue weighted by Gasteiger charge is -1.92. The van der Waals surface area contributed by atoms with Gasteiger partial charge in [0.15, 0.2) is 0 Å². The third-order valence-electron chi connectivity index (χ3n) is 0.922. The standard InChI is InChI=1S/C6H2Cl2N2S/c7-5-1-4(9-3-11)2-6(8)10-5/h1-2H. The van der Waals surface area contributed by atoms with Crippen LogP contribution in [0.15, 0.2) is 17.1 Å². The van der Waals surface area contributed by atoms with Gasteiger partial charge in [0.2, 0.25) is 0 Å². The molecule has 1 rings (SSSR count). The second-order valence-electron chi connectivity index (χ2n) is 1.67. The van der Waals surface area contributed by atoms with E-state index in [1.165, 1.54) is 0 Å². The van der Waals surface area contributed by atoms with Crippen LogP contribution < -0.4 is 0 Å². The Kier molecular flexibility index (Phi) is 2.97. The lowest BCUT2D eigenvalue weighted by Crippen LogP contribution is -1.74. The molecule has 1 aromatic heterocycles. The van der Waals surface area contributed by atoms with Gasteiger partial charge in [-0.15, -0.1) is 0 Å². The third-order valence-corrected chi connectivity index (χ3v) is 1.40. The quantitative estimate of drug-likeness (QED) is 0.399.